The number of para-hydroxylation sites is 2. The van der Waals surface area contributed by atoms with Crippen molar-refractivity contribution in [2.24, 2.45) is 11.8 Å². The average Bonchev–Trinajstić information content (AvgIpc) is 4.19. The van der Waals surface area contributed by atoms with Gasteiger partial charge in [0.2, 0.25) is 0 Å². The van der Waals surface area contributed by atoms with Crippen LogP contribution >= 0.6 is 46.6 Å². The lowest BCUT2D eigenvalue weighted by atomic mass is 9.65. The number of benzene rings is 2. The van der Waals surface area contributed by atoms with Crippen molar-refractivity contribution in [3.05, 3.63) is 107 Å². The van der Waals surface area contributed by atoms with Crippen LogP contribution in [0, 0.1) is 11.8 Å². The number of pyridine rings is 2. The van der Waals surface area contributed by atoms with Crippen LogP contribution in [0.2, 0.25) is 0 Å². The molecule has 7 aromatic heterocycles. The number of hydrogen-bond acceptors (Lipinski definition) is 12. The summed E-state index contributed by atoms with van der Waals surface area (Å²) in [6.45, 7) is 16.6. The molecule has 64 heavy (non-hydrogen) atoms. The number of aromatic nitrogens is 6. The molecule has 0 saturated carbocycles. The fraction of sp³-hybridized carbons (Fsp3) is 0.346. The molecule has 326 valence electrons. The second-order valence-corrected chi connectivity index (χ2v) is 20.6. The number of nitrogens with zero attached hydrogens (tertiary/aromatic N) is 6. The summed E-state index contributed by atoms with van der Waals surface area (Å²) in [5.74, 6) is 2.69. The number of thioether (sulfide) groups is 1. The van der Waals surface area contributed by atoms with Gasteiger partial charge < -0.3 is 8.83 Å². The third-order valence-electron chi connectivity index (χ3n) is 13.6. The third kappa shape index (κ3) is 7.63. The lowest BCUT2D eigenvalue weighted by Gasteiger charge is -2.39. The van der Waals surface area contributed by atoms with E-state index in [2.05, 4.69) is 65.0 Å². The van der Waals surface area contributed by atoms with E-state index < -0.39 is 0 Å². The maximum absolute atomic E-state index is 6.33. The number of fused-ring (bicyclic) bond motifs is 5. The van der Waals surface area contributed by atoms with Gasteiger partial charge in [-0.2, -0.15) is 17.5 Å². The summed E-state index contributed by atoms with van der Waals surface area (Å²) in [5, 5.41) is 2.09. The van der Waals surface area contributed by atoms with Gasteiger partial charge in [0, 0.05) is 43.3 Å². The fourth-order valence-electron chi connectivity index (χ4n) is 9.92. The lowest BCUT2D eigenvalue weighted by Crippen LogP contribution is -2.31. The highest BCUT2D eigenvalue weighted by Gasteiger charge is 2.47. The summed E-state index contributed by atoms with van der Waals surface area (Å²) in [7, 11) is 0. The number of hydrogen-bond donors (Lipinski definition) is 0. The normalized spacial score (nSPS) is 16.2. The van der Waals surface area contributed by atoms with Crippen LogP contribution in [0.4, 0.5) is 0 Å². The molecule has 1 aliphatic rings. The first-order chi connectivity index (χ1) is 31.3. The van der Waals surface area contributed by atoms with E-state index in [0.29, 0.717) is 11.8 Å². The van der Waals surface area contributed by atoms with E-state index in [1.807, 2.05) is 60.1 Å². The standard InChI is InChI=1S/C52H52N6O2S4/c1-7-11-17-32(9-3)26-52(27-33(10-4)18-12-8-2)30(5)50(61-31(6)44-48-45(55-63-57-48)36(28-53-44)41-23-34-19-13-15-21-39(34)59-41)51-38(52)25-43(62-51)47-49-46(56-64-58-49)37(29-54-47)42-24-35-20-14-16-22-40(35)60-42/h13-16,19-25,28-29,32-33H,6-12,17-18,26-27H2,1-5H3. The van der Waals surface area contributed by atoms with E-state index in [9.17, 15) is 0 Å². The smallest absolute Gasteiger partial charge is 0.139 e. The second-order valence-electron chi connectivity index (χ2n) is 17.4. The number of unbranched alkanes of at least 4 members (excludes halogenated alkanes) is 2. The molecular weight excluding hydrogens is 869 g/mol. The van der Waals surface area contributed by atoms with Crippen molar-refractivity contribution in [3.63, 3.8) is 0 Å². The quantitative estimate of drug-likeness (QED) is 0.0832. The molecule has 10 rings (SSSR count). The third-order valence-corrected chi connectivity index (χ3v) is 17.1. The van der Waals surface area contributed by atoms with Crippen molar-refractivity contribution in [2.45, 2.75) is 104 Å². The van der Waals surface area contributed by atoms with Crippen LogP contribution in [0.1, 0.15) is 115 Å². The van der Waals surface area contributed by atoms with Crippen molar-refractivity contribution in [3.8, 4) is 33.2 Å². The number of furan rings is 2. The Labute approximate surface area is 391 Å². The van der Waals surface area contributed by atoms with Crippen molar-refractivity contribution in [2.75, 3.05) is 0 Å². The molecule has 2 atom stereocenters. The number of rotatable bonds is 18. The zero-order valence-electron chi connectivity index (χ0n) is 37.1. The first kappa shape index (κ1) is 42.9. The predicted molar refractivity (Wildman–Crippen MR) is 271 cm³/mol. The molecule has 0 aliphatic heterocycles. The first-order valence-corrected chi connectivity index (χ1v) is 25.9. The molecule has 7 heterocycles. The predicted octanol–water partition coefficient (Wildman–Crippen LogP) is 16.6. The highest BCUT2D eigenvalue weighted by Crippen LogP contribution is 2.62. The summed E-state index contributed by atoms with van der Waals surface area (Å²) in [4.78, 5) is 14.8. The van der Waals surface area contributed by atoms with Crippen LogP contribution in [0.5, 0.6) is 0 Å². The zero-order valence-corrected chi connectivity index (χ0v) is 40.3. The van der Waals surface area contributed by atoms with Crippen LogP contribution in [-0.4, -0.2) is 27.5 Å². The van der Waals surface area contributed by atoms with Gasteiger partial charge in [0.1, 0.15) is 56.1 Å². The minimum atomic E-state index is -0.140. The Morgan fingerprint density at radius 3 is 1.83 bits per heavy atom. The molecule has 8 nitrogen and oxygen atoms in total. The molecule has 1 aliphatic carbocycles. The van der Waals surface area contributed by atoms with Gasteiger partial charge in [-0.05, 0) is 73.1 Å². The summed E-state index contributed by atoms with van der Waals surface area (Å²) in [5.41, 5.74) is 10.9. The molecule has 0 radical (unpaired) electrons. The minimum absolute atomic E-state index is 0.140. The van der Waals surface area contributed by atoms with Gasteiger partial charge in [-0.15, -0.1) is 11.3 Å². The van der Waals surface area contributed by atoms with Crippen molar-refractivity contribution >= 4 is 100 Å². The topological polar surface area (TPSA) is 104 Å². The molecule has 0 fully saturated rings. The Balaban J connectivity index is 1.09. The molecule has 2 unspecified atom stereocenters. The van der Waals surface area contributed by atoms with E-state index in [0.717, 1.165) is 114 Å². The van der Waals surface area contributed by atoms with E-state index in [1.54, 1.807) is 11.8 Å². The van der Waals surface area contributed by atoms with Gasteiger partial charge in [0.25, 0.3) is 0 Å². The fourth-order valence-corrected chi connectivity index (χ4v) is 13.6. The van der Waals surface area contributed by atoms with Crippen LogP contribution in [-0.2, 0) is 5.41 Å². The van der Waals surface area contributed by atoms with E-state index >= 15 is 0 Å². The molecule has 9 aromatic rings. The van der Waals surface area contributed by atoms with E-state index in [4.69, 9.17) is 42.9 Å². The van der Waals surface area contributed by atoms with Crippen LogP contribution < -0.4 is 0 Å². The Bertz CT molecular complexity index is 3100. The Hall–Kier alpha value is -5.01. The molecule has 0 N–H and O–H groups in total. The Kier molecular flexibility index (Phi) is 12.1. The molecule has 0 spiro atoms. The largest absolute Gasteiger partial charge is 0.456 e. The summed E-state index contributed by atoms with van der Waals surface area (Å²) >= 11 is 6.01. The van der Waals surface area contributed by atoms with E-state index in [1.165, 1.54) is 82.9 Å². The van der Waals surface area contributed by atoms with Crippen LogP contribution in [0.25, 0.3) is 87.0 Å². The lowest BCUT2D eigenvalue weighted by molar-refractivity contribution is 0.261. The Morgan fingerprint density at radius 2 is 1.25 bits per heavy atom. The second kappa shape index (κ2) is 18.1. The number of allylic oxidation sites excluding steroid dienone is 1. The maximum Gasteiger partial charge on any atom is 0.139 e. The molecule has 0 saturated heterocycles. The van der Waals surface area contributed by atoms with Gasteiger partial charge >= 0.3 is 0 Å². The molecular formula is C52H52N6O2S4. The van der Waals surface area contributed by atoms with Crippen LogP contribution in [0.15, 0.2) is 100 Å². The van der Waals surface area contributed by atoms with E-state index in [-0.39, 0.29) is 5.41 Å². The van der Waals surface area contributed by atoms with Crippen LogP contribution in [0.3, 0.4) is 0 Å². The Morgan fingerprint density at radius 1 is 0.703 bits per heavy atom. The molecule has 0 bridgehead atoms. The summed E-state index contributed by atoms with van der Waals surface area (Å²) in [6, 6.07) is 22.8. The van der Waals surface area contributed by atoms with Gasteiger partial charge in [-0.25, -0.2) is 0 Å². The average molecular weight is 921 g/mol. The van der Waals surface area contributed by atoms with Crippen molar-refractivity contribution in [1.82, 2.24) is 27.5 Å². The molecule has 12 heteroatoms. The highest BCUT2D eigenvalue weighted by atomic mass is 32.2. The molecule has 0 amide bonds. The number of thiophene rings is 1. The highest BCUT2D eigenvalue weighted by molar-refractivity contribution is 8.16. The monoisotopic (exact) mass is 920 g/mol. The minimum Gasteiger partial charge on any atom is -0.456 e. The van der Waals surface area contributed by atoms with Gasteiger partial charge in [0.15, 0.2) is 0 Å². The summed E-state index contributed by atoms with van der Waals surface area (Å²) < 4.78 is 32.0. The molecule has 2 aromatic carbocycles. The SMILES string of the molecule is C=C(SC1=C(C)C(CC(CC)CCCC)(CC(CC)CCCC)c2cc(-c3ncc(-c4cc5ccccc5o4)c4nsnc34)sc21)c1ncc(-c2cc3ccccc3o2)c2nsnc12. The van der Waals surface area contributed by atoms with Gasteiger partial charge in [-0.3, -0.25) is 9.97 Å². The van der Waals surface area contributed by atoms with Crippen molar-refractivity contribution < 1.29 is 8.83 Å². The maximum atomic E-state index is 6.33. The van der Waals surface area contributed by atoms with Gasteiger partial charge in [-0.1, -0.05) is 134 Å². The van der Waals surface area contributed by atoms with Gasteiger partial charge in [0.05, 0.1) is 39.5 Å². The van der Waals surface area contributed by atoms with Crippen molar-refractivity contribution in [1.29, 1.82) is 0 Å². The first-order valence-electron chi connectivity index (χ1n) is 22.8. The summed E-state index contributed by atoms with van der Waals surface area (Å²) in [6.07, 6.45) is 15.7. The zero-order chi connectivity index (χ0) is 44.0.